The van der Waals surface area contributed by atoms with E-state index in [1.165, 1.54) is 6.26 Å². The Morgan fingerprint density at radius 1 is 1.21 bits per heavy atom. The minimum Gasteiger partial charge on any atom is -0.466 e. The molecule has 0 spiro atoms. The summed E-state index contributed by atoms with van der Waals surface area (Å²) in [6.07, 6.45) is 1.53. The van der Waals surface area contributed by atoms with Crippen LogP contribution in [0, 0.1) is 0 Å². The van der Waals surface area contributed by atoms with Crippen LogP contribution in [0.5, 0.6) is 0 Å². The third-order valence-electron chi connectivity index (χ3n) is 3.88. The van der Waals surface area contributed by atoms with Crippen LogP contribution in [0.1, 0.15) is 42.5 Å². The maximum atomic E-state index is 11.7. The molecule has 3 N–H and O–H groups in total. The third-order valence-corrected chi connectivity index (χ3v) is 3.88. The first kappa shape index (κ1) is 24.0. The van der Waals surface area contributed by atoms with Crippen molar-refractivity contribution in [2.75, 3.05) is 19.7 Å². The molecular formula is C20H28IN3O4. The minimum absolute atomic E-state index is 0. The summed E-state index contributed by atoms with van der Waals surface area (Å²) in [4.78, 5) is 16.2. The van der Waals surface area contributed by atoms with E-state index in [4.69, 9.17) is 9.15 Å². The van der Waals surface area contributed by atoms with Crippen molar-refractivity contribution in [3.05, 3.63) is 59.5 Å². The second-order valence-corrected chi connectivity index (χ2v) is 6.22. The zero-order chi connectivity index (χ0) is 19.7. The van der Waals surface area contributed by atoms with E-state index in [-0.39, 0.29) is 36.5 Å². The number of ether oxygens (including phenoxy) is 1. The van der Waals surface area contributed by atoms with Crippen LogP contribution in [0.3, 0.4) is 0 Å². The Balaban J connectivity index is 0.00000392. The van der Waals surface area contributed by atoms with Crippen molar-refractivity contribution in [3.8, 4) is 0 Å². The molecule has 1 unspecified atom stereocenters. The zero-order valence-electron chi connectivity index (χ0n) is 16.4. The lowest BCUT2D eigenvalue weighted by Gasteiger charge is -2.22. The fraction of sp³-hybridized carbons (Fsp3) is 0.400. The van der Waals surface area contributed by atoms with Crippen molar-refractivity contribution in [2.24, 2.45) is 4.99 Å². The molecule has 0 aliphatic rings. The summed E-state index contributed by atoms with van der Waals surface area (Å²) >= 11 is 0. The van der Waals surface area contributed by atoms with Gasteiger partial charge in [-0.3, -0.25) is 0 Å². The van der Waals surface area contributed by atoms with Crippen LogP contribution in [0.2, 0.25) is 0 Å². The largest absolute Gasteiger partial charge is 0.466 e. The summed E-state index contributed by atoms with van der Waals surface area (Å²) in [5.74, 6) is 0.738. The number of carbonyl (C=O) groups is 1. The normalized spacial score (nSPS) is 13.2. The van der Waals surface area contributed by atoms with Gasteiger partial charge in [0, 0.05) is 6.54 Å². The maximum absolute atomic E-state index is 11.7. The van der Waals surface area contributed by atoms with E-state index in [9.17, 15) is 9.90 Å². The number of nitrogens with zero attached hydrogens (tertiary/aromatic N) is 1. The molecule has 2 aromatic rings. The Bertz CT molecular complexity index is 743. The van der Waals surface area contributed by atoms with E-state index in [0.29, 0.717) is 37.0 Å². The smallest absolute Gasteiger partial charge is 0.338 e. The van der Waals surface area contributed by atoms with E-state index in [1.807, 2.05) is 19.1 Å². The van der Waals surface area contributed by atoms with Crippen molar-refractivity contribution < 1.29 is 19.1 Å². The van der Waals surface area contributed by atoms with Gasteiger partial charge >= 0.3 is 5.97 Å². The molecule has 7 nitrogen and oxygen atoms in total. The van der Waals surface area contributed by atoms with E-state index in [0.717, 1.165) is 5.56 Å². The molecular weight excluding hydrogens is 473 g/mol. The van der Waals surface area contributed by atoms with Gasteiger partial charge in [-0.15, -0.1) is 24.0 Å². The first-order valence-electron chi connectivity index (χ1n) is 9.01. The Morgan fingerprint density at radius 3 is 2.50 bits per heavy atom. The summed E-state index contributed by atoms with van der Waals surface area (Å²) in [5, 5.41) is 16.8. The molecule has 1 aromatic carbocycles. The quantitative estimate of drug-likeness (QED) is 0.223. The summed E-state index contributed by atoms with van der Waals surface area (Å²) in [5.41, 5.74) is 0.322. The number of halogens is 1. The van der Waals surface area contributed by atoms with Crippen LogP contribution in [0.4, 0.5) is 0 Å². The van der Waals surface area contributed by atoms with Crippen LogP contribution >= 0.6 is 24.0 Å². The molecule has 0 amide bonds. The van der Waals surface area contributed by atoms with Crippen LogP contribution in [-0.4, -0.2) is 36.7 Å². The van der Waals surface area contributed by atoms with Crippen molar-refractivity contribution >= 4 is 35.9 Å². The topological polar surface area (TPSA) is 96.1 Å². The monoisotopic (exact) mass is 501 g/mol. The summed E-state index contributed by atoms with van der Waals surface area (Å²) < 4.78 is 10.3. The average molecular weight is 501 g/mol. The number of guanidine groups is 1. The van der Waals surface area contributed by atoms with Crippen LogP contribution in [0.15, 0.2) is 52.1 Å². The molecule has 28 heavy (non-hydrogen) atoms. The predicted molar refractivity (Wildman–Crippen MR) is 119 cm³/mol. The Morgan fingerprint density at radius 2 is 1.93 bits per heavy atom. The molecule has 0 saturated heterocycles. The first-order chi connectivity index (χ1) is 13.0. The van der Waals surface area contributed by atoms with Gasteiger partial charge in [-0.1, -0.05) is 12.1 Å². The number of hydrogen-bond acceptors (Lipinski definition) is 5. The van der Waals surface area contributed by atoms with E-state index >= 15 is 0 Å². The van der Waals surface area contributed by atoms with Gasteiger partial charge in [0.15, 0.2) is 5.96 Å². The molecule has 0 radical (unpaired) electrons. The Labute approximate surface area is 182 Å². The molecule has 154 valence electrons. The highest BCUT2D eigenvalue weighted by Gasteiger charge is 2.26. The van der Waals surface area contributed by atoms with Crippen LogP contribution in [0.25, 0.3) is 0 Å². The van der Waals surface area contributed by atoms with Crippen LogP contribution < -0.4 is 10.6 Å². The van der Waals surface area contributed by atoms with Gasteiger partial charge < -0.3 is 24.9 Å². The zero-order valence-corrected chi connectivity index (χ0v) is 18.7. The highest BCUT2D eigenvalue weighted by atomic mass is 127. The molecule has 0 aliphatic carbocycles. The van der Waals surface area contributed by atoms with Gasteiger partial charge in [-0.25, -0.2) is 9.79 Å². The van der Waals surface area contributed by atoms with Crippen LogP contribution in [-0.2, 0) is 16.9 Å². The molecule has 1 aromatic heterocycles. The highest BCUT2D eigenvalue weighted by molar-refractivity contribution is 14.0. The lowest BCUT2D eigenvalue weighted by molar-refractivity contribution is 0.0385. The molecule has 0 fully saturated rings. The fourth-order valence-corrected chi connectivity index (χ4v) is 2.40. The van der Waals surface area contributed by atoms with Gasteiger partial charge in [0.05, 0.1) is 31.5 Å². The Kier molecular flexibility index (Phi) is 10.0. The number of nitrogens with one attached hydrogen (secondary N) is 2. The Hall–Kier alpha value is -2.07. The number of aliphatic hydroxyl groups is 1. The second kappa shape index (κ2) is 11.7. The number of carbonyl (C=O) groups excluding carboxylic acids is 1. The van der Waals surface area contributed by atoms with E-state index in [1.54, 1.807) is 38.1 Å². The first-order valence-corrected chi connectivity index (χ1v) is 9.01. The lowest BCUT2D eigenvalue weighted by atomic mass is 10.0. The van der Waals surface area contributed by atoms with E-state index < -0.39 is 5.60 Å². The number of furan rings is 1. The van der Waals surface area contributed by atoms with Gasteiger partial charge in [-0.2, -0.15) is 0 Å². The molecule has 0 saturated carbocycles. The second-order valence-electron chi connectivity index (χ2n) is 6.22. The summed E-state index contributed by atoms with van der Waals surface area (Å²) in [7, 11) is 0. The van der Waals surface area contributed by atoms with Crippen molar-refractivity contribution in [1.29, 1.82) is 0 Å². The van der Waals surface area contributed by atoms with Crippen molar-refractivity contribution in [2.45, 2.75) is 32.9 Å². The van der Waals surface area contributed by atoms with Crippen molar-refractivity contribution in [3.63, 3.8) is 0 Å². The third kappa shape index (κ3) is 7.16. The fourth-order valence-electron chi connectivity index (χ4n) is 2.40. The minimum atomic E-state index is -1.15. The molecule has 8 heteroatoms. The molecule has 0 aliphatic heterocycles. The van der Waals surface area contributed by atoms with Gasteiger partial charge in [-0.05, 0) is 50.6 Å². The van der Waals surface area contributed by atoms with Gasteiger partial charge in [0.25, 0.3) is 0 Å². The summed E-state index contributed by atoms with van der Waals surface area (Å²) in [6, 6.07) is 10.6. The standard InChI is InChI=1S/C20H27N3O4.HI/c1-4-21-19(23-14-20(3,25)17-7-6-12-27-17)22-13-15-8-10-16(11-9-15)18(24)26-5-2;/h6-12,25H,4-5,13-14H2,1-3H3,(H2,21,22,23);1H. The number of benzene rings is 1. The highest BCUT2D eigenvalue weighted by Crippen LogP contribution is 2.19. The predicted octanol–water partition coefficient (Wildman–Crippen LogP) is 3.04. The number of rotatable bonds is 8. The molecule has 2 rings (SSSR count). The van der Waals surface area contributed by atoms with Gasteiger partial charge in [0.1, 0.15) is 11.4 Å². The van der Waals surface area contributed by atoms with E-state index in [2.05, 4.69) is 15.6 Å². The molecule has 0 bridgehead atoms. The number of esters is 1. The van der Waals surface area contributed by atoms with Gasteiger partial charge in [0.2, 0.25) is 0 Å². The molecule has 1 heterocycles. The van der Waals surface area contributed by atoms with Crippen molar-refractivity contribution in [1.82, 2.24) is 10.6 Å². The average Bonchev–Trinajstić information content (AvgIpc) is 3.20. The molecule has 1 atom stereocenters. The number of hydrogen-bond donors (Lipinski definition) is 3. The summed E-state index contributed by atoms with van der Waals surface area (Å²) in [6.45, 7) is 7.14. The SMILES string of the molecule is CCNC(=NCc1ccc(C(=O)OCC)cc1)NCC(C)(O)c1ccco1.I. The number of aliphatic imine (C=N–C) groups is 1. The maximum Gasteiger partial charge on any atom is 0.338 e. The lowest BCUT2D eigenvalue weighted by Crippen LogP contribution is -2.44.